The molecule has 1 heterocycles. The van der Waals surface area contributed by atoms with Crippen LogP contribution in [-0.4, -0.2) is 22.4 Å². The number of hydrogen-bond donors (Lipinski definition) is 1. The van der Waals surface area contributed by atoms with Gasteiger partial charge in [-0.2, -0.15) is 0 Å². The lowest BCUT2D eigenvalue weighted by Gasteiger charge is -2.65. The summed E-state index contributed by atoms with van der Waals surface area (Å²) in [5, 5.41) is 10.5. The molecule has 3 aliphatic rings. The molecule has 22 heavy (non-hydrogen) atoms. The van der Waals surface area contributed by atoms with Gasteiger partial charge in [-0.3, -0.25) is 0 Å². The van der Waals surface area contributed by atoms with Gasteiger partial charge in [0.1, 0.15) is 0 Å². The minimum atomic E-state index is -0.169. The van der Waals surface area contributed by atoms with Crippen LogP contribution >= 0.6 is 0 Å². The van der Waals surface area contributed by atoms with Gasteiger partial charge in [0.2, 0.25) is 0 Å². The molecule has 2 saturated carbocycles. The summed E-state index contributed by atoms with van der Waals surface area (Å²) in [7, 11) is 0. The third-order valence-electron chi connectivity index (χ3n) is 7.80. The van der Waals surface area contributed by atoms with Gasteiger partial charge in [0, 0.05) is 0 Å². The Morgan fingerprint density at radius 3 is 2.23 bits per heavy atom. The van der Waals surface area contributed by atoms with E-state index in [1.165, 1.54) is 12.8 Å². The largest absolute Gasteiger partial charge is 0.393 e. The highest BCUT2D eigenvalue weighted by Gasteiger charge is 2.62. The zero-order valence-electron chi connectivity index (χ0n) is 15.1. The quantitative estimate of drug-likeness (QED) is 0.711. The van der Waals surface area contributed by atoms with Crippen molar-refractivity contribution in [3.63, 3.8) is 0 Å². The van der Waals surface area contributed by atoms with Gasteiger partial charge in [-0.05, 0) is 75.0 Å². The number of rotatable bonds is 1. The van der Waals surface area contributed by atoms with E-state index >= 15 is 0 Å². The first kappa shape index (κ1) is 16.5. The summed E-state index contributed by atoms with van der Waals surface area (Å²) in [5.74, 6) is 1.19. The van der Waals surface area contributed by atoms with Crippen molar-refractivity contribution in [2.75, 3.05) is 0 Å². The lowest BCUT2D eigenvalue weighted by molar-refractivity contribution is -0.262. The van der Waals surface area contributed by atoms with Crippen molar-refractivity contribution in [3.8, 4) is 0 Å². The number of aliphatic hydroxyl groups is 1. The van der Waals surface area contributed by atoms with Crippen LogP contribution in [0.25, 0.3) is 0 Å². The van der Waals surface area contributed by atoms with E-state index in [1.54, 1.807) is 0 Å². The molecule has 126 valence electrons. The van der Waals surface area contributed by atoms with Crippen molar-refractivity contribution < 1.29 is 9.84 Å². The summed E-state index contributed by atoms with van der Waals surface area (Å²) >= 11 is 0. The molecular weight excluding hydrogens is 272 g/mol. The molecule has 0 radical (unpaired) electrons. The van der Waals surface area contributed by atoms with Crippen LogP contribution in [0.2, 0.25) is 0 Å². The summed E-state index contributed by atoms with van der Waals surface area (Å²) in [6.45, 7) is 15.5. The Hall–Kier alpha value is -0.340. The zero-order chi connectivity index (χ0) is 16.4. The highest BCUT2D eigenvalue weighted by Crippen LogP contribution is 2.65. The maximum Gasteiger partial charge on any atom is 0.0839 e. The molecule has 0 aromatic heterocycles. The summed E-state index contributed by atoms with van der Waals surface area (Å²) < 4.78 is 6.64. The van der Waals surface area contributed by atoms with Crippen molar-refractivity contribution in [3.05, 3.63) is 12.7 Å². The Bertz CT molecular complexity index is 470. The average molecular weight is 306 g/mol. The van der Waals surface area contributed by atoms with Crippen LogP contribution in [0, 0.1) is 22.7 Å². The van der Waals surface area contributed by atoms with E-state index in [1.807, 2.05) is 6.08 Å². The molecule has 2 heteroatoms. The number of fused-ring (bicyclic) bond motifs is 3. The van der Waals surface area contributed by atoms with E-state index < -0.39 is 0 Å². The molecule has 6 atom stereocenters. The Morgan fingerprint density at radius 1 is 0.955 bits per heavy atom. The smallest absolute Gasteiger partial charge is 0.0839 e. The van der Waals surface area contributed by atoms with Gasteiger partial charge in [-0.25, -0.2) is 0 Å². The molecule has 3 fully saturated rings. The standard InChI is InChI=1S/C20H34O2/c1-7-18(4)11-8-15-19(5)12-10-16(21)17(2,3)14(19)9-13-20(15,6)22-18/h7,14-16,21H,1,8-13H2,2-6H3/t14-,15+,16+,18-,19-,20+/m1/s1. The van der Waals surface area contributed by atoms with E-state index in [9.17, 15) is 5.11 Å². The van der Waals surface area contributed by atoms with E-state index in [-0.39, 0.29) is 28.1 Å². The van der Waals surface area contributed by atoms with Crippen molar-refractivity contribution >= 4 is 0 Å². The van der Waals surface area contributed by atoms with E-state index in [0.29, 0.717) is 11.8 Å². The molecule has 0 bridgehead atoms. The molecule has 2 nitrogen and oxygen atoms in total. The van der Waals surface area contributed by atoms with Crippen molar-refractivity contribution in [2.45, 2.75) is 90.4 Å². The number of aliphatic hydroxyl groups excluding tert-OH is 1. The summed E-state index contributed by atoms with van der Waals surface area (Å²) in [4.78, 5) is 0. The lowest BCUT2D eigenvalue weighted by Crippen LogP contribution is -2.64. The Kier molecular flexibility index (Phi) is 3.63. The van der Waals surface area contributed by atoms with Crippen LogP contribution in [0.1, 0.15) is 73.1 Å². The van der Waals surface area contributed by atoms with E-state index in [2.05, 4.69) is 41.2 Å². The lowest BCUT2D eigenvalue weighted by atomic mass is 9.44. The fourth-order valence-corrected chi connectivity index (χ4v) is 6.41. The highest BCUT2D eigenvalue weighted by atomic mass is 16.5. The van der Waals surface area contributed by atoms with Gasteiger partial charge in [0.15, 0.2) is 0 Å². The summed E-state index contributed by atoms with van der Waals surface area (Å²) in [6.07, 6.45) is 8.48. The van der Waals surface area contributed by atoms with Gasteiger partial charge < -0.3 is 9.84 Å². The minimum absolute atomic E-state index is 0.0213. The van der Waals surface area contributed by atoms with Crippen LogP contribution in [0.4, 0.5) is 0 Å². The third-order valence-corrected chi connectivity index (χ3v) is 7.80. The topological polar surface area (TPSA) is 29.5 Å². The third kappa shape index (κ3) is 2.13. The first-order chi connectivity index (χ1) is 10.1. The Morgan fingerprint density at radius 2 is 1.59 bits per heavy atom. The monoisotopic (exact) mass is 306 g/mol. The molecule has 0 aromatic carbocycles. The molecule has 1 N–H and O–H groups in total. The predicted octanol–water partition coefficient (Wildman–Crippen LogP) is 4.71. The van der Waals surface area contributed by atoms with Gasteiger partial charge in [-0.1, -0.05) is 26.8 Å². The number of ether oxygens (including phenoxy) is 1. The SMILES string of the molecule is C=C[C@]1(C)CC[C@H]2[C@]3(C)CC[C@H](O)C(C)(C)[C@H]3CC[C@]2(C)O1. The molecule has 0 spiro atoms. The first-order valence-corrected chi connectivity index (χ1v) is 9.09. The summed E-state index contributed by atoms with van der Waals surface area (Å²) in [6, 6.07) is 0. The Labute approximate surface area is 136 Å². The molecule has 0 amide bonds. The zero-order valence-corrected chi connectivity index (χ0v) is 15.1. The normalized spacial score (nSPS) is 54.2. The van der Waals surface area contributed by atoms with Gasteiger partial charge >= 0.3 is 0 Å². The van der Waals surface area contributed by atoms with E-state index in [0.717, 1.165) is 25.7 Å². The van der Waals surface area contributed by atoms with Crippen LogP contribution < -0.4 is 0 Å². The van der Waals surface area contributed by atoms with Crippen LogP contribution in [0.3, 0.4) is 0 Å². The van der Waals surface area contributed by atoms with Gasteiger partial charge in [0.05, 0.1) is 17.3 Å². The molecule has 0 unspecified atom stereocenters. The van der Waals surface area contributed by atoms with Crippen LogP contribution in [0.5, 0.6) is 0 Å². The molecule has 3 rings (SSSR count). The number of hydrogen-bond acceptors (Lipinski definition) is 2. The summed E-state index contributed by atoms with van der Waals surface area (Å²) in [5.41, 5.74) is 0.106. The van der Waals surface area contributed by atoms with Gasteiger partial charge in [0.25, 0.3) is 0 Å². The second-order valence-corrected chi connectivity index (χ2v) is 9.50. The Balaban J connectivity index is 1.95. The molecule has 2 aliphatic carbocycles. The molecule has 1 aliphatic heterocycles. The van der Waals surface area contributed by atoms with Crippen molar-refractivity contribution in [2.24, 2.45) is 22.7 Å². The fourth-order valence-electron chi connectivity index (χ4n) is 6.41. The van der Waals surface area contributed by atoms with Crippen LogP contribution in [0.15, 0.2) is 12.7 Å². The van der Waals surface area contributed by atoms with E-state index in [4.69, 9.17) is 4.74 Å². The highest BCUT2D eigenvalue weighted by molar-refractivity contribution is 5.13. The average Bonchev–Trinajstić information content (AvgIpc) is 2.42. The fraction of sp³-hybridized carbons (Fsp3) is 0.900. The van der Waals surface area contributed by atoms with Crippen LogP contribution in [-0.2, 0) is 4.74 Å². The minimum Gasteiger partial charge on any atom is -0.393 e. The van der Waals surface area contributed by atoms with Crippen molar-refractivity contribution in [1.82, 2.24) is 0 Å². The molecule has 0 aromatic rings. The second-order valence-electron chi connectivity index (χ2n) is 9.50. The first-order valence-electron chi connectivity index (χ1n) is 9.09. The van der Waals surface area contributed by atoms with Gasteiger partial charge in [-0.15, -0.1) is 6.58 Å². The maximum absolute atomic E-state index is 10.5. The second kappa shape index (κ2) is 4.83. The molecular formula is C20H34O2. The van der Waals surface area contributed by atoms with Crippen molar-refractivity contribution in [1.29, 1.82) is 0 Å². The molecule has 1 saturated heterocycles. The predicted molar refractivity (Wildman–Crippen MR) is 90.7 cm³/mol. The maximum atomic E-state index is 10.5.